The van der Waals surface area contributed by atoms with Crippen LogP contribution in [0.4, 0.5) is 0 Å². The Labute approximate surface area is 140 Å². The molecule has 0 radical (unpaired) electrons. The van der Waals surface area contributed by atoms with Gasteiger partial charge in [0.25, 0.3) is 0 Å². The molecule has 0 amide bonds. The van der Waals surface area contributed by atoms with Gasteiger partial charge in [0.05, 0.1) is 0 Å². The van der Waals surface area contributed by atoms with Crippen LogP contribution < -0.4 is 0 Å². The van der Waals surface area contributed by atoms with E-state index in [1.54, 1.807) is 0 Å². The molecule has 0 aliphatic carbocycles. The molecule has 2 nitrogen and oxygen atoms in total. The highest BCUT2D eigenvalue weighted by Crippen LogP contribution is 2.44. The van der Waals surface area contributed by atoms with Gasteiger partial charge in [-0.15, -0.1) is 0 Å². The molecule has 2 rings (SSSR count). The van der Waals surface area contributed by atoms with Crippen LogP contribution in [0.25, 0.3) is 10.8 Å². The van der Waals surface area contributed by atoms with Gasteiger partial charge in [-0.25, -0.2) is 0 Å². The molecule has 126 valence electrons. The third-order valence-electron chi connectivity index (χ3n) is 4.42. The molecular formula is C20H29O2P. The van der Waals surface area contributed by atoms with Gasteiger partial charge in [0, 0.05) is 12.3 Å². The Balaban J connectivity index is 1.78. The molecule has 0 spiro atoms. The summed E-state index contributed by atoms with van der Waals surface area (Å²) in [4.78, 5) is 10.1. The molecule has 0 heterocycles. The summed E-state index contributed by atoms with van der Waals surface area (Å²) in [6.07, 6.45) is 5.87. The number of rotatable bonds is 9. The average molecular weight is 332 g/mol. The van der Waals surface area contributed by atoms with Gasteiger partial charge >= 0.3 is 0 Å². The molecular weight excluding hydrogens is 303 g/mol. The first-order valence-corrected chi connectivity index (χ1v) is 10.8. The Hall–Kier alpha value is -1.11. The largest absolute Gasteiger partial charge is 0.344 e. The lowest BCUT2D eigenvalue weighted by molar-refractivity contribution is 0.455. The van der Waals surface area contributed by atoms with E-state index in [1.165, 1.54) is 16.3 Å². The molecule has 0 saturated carbocycles. The SMILES string of the molecule is CCCC(C)CP(=O)(O)CCCCc1ccc2ccccc2c1. The summed E-state index contributed by atoms with van der Waals surface area (Å²) < 4.78 is 12.2. The zero-order chi connectivity index (χ0) is 16.7. The van der Waals surface area contributed by atoms with Crippen LogP contribution in [0, 0.1) is 5.92 Å². The van der Waals surface area contributed by atoms with Crippen LogP contribution in [0.2, 0.25) is 0 Å². The van der Waals surface area contributed by atoms with E-state index in [4.69, 9.17) is 0 Å². The van der Waals surface area contributed by atoms with Crippen molar-refractivity contribution < 1.29 is 9.46 Å². The zero-order valence-electron chi connectivity index (χ0n) is 14.4. The third-order valence-corrected chi connectivity index (χ3v) is 6.62. The van der Waals surface area contributed by atoms with Crippen LogP contribution in [0.15, 0.2) is 42.5 Å². The molecule has 2 unspecified atom stereocenters. The second-order valence-corrected chi connectivity index (χ2v) is 9.29. The Morgan fingerprint density at radius 3 is 2.57 bits per heavy atom. The minimum atomic E-state index is -2.94. The lowest BCUT2D eigenvalue weighted by Crippen LogP contribution is -2.05. The van der Waals surface area contributed by atoms with Gasteiger partial charge in [-0.3, -0.25) is 4.57 Å². The molecule has 0 bridgehead atoms. The number of aryl methyl sites for hydroxylation is 1. The van der Waals surface area contributed by atoms with Crippen LogP contribution >= 0.6 is 7.37 Å². The fourth-order valence-corrected chi connectivity index (χ4v) is 5.30. The maximum atomic E-state index is 12.2. The Bertz CT molecular complexity index is 665. The molecule has 2 aromatic carbocycles. The molecule has 0 fully saturated rings. The molecule has 0 saturated heterocycles. The van der Waals surface area contributed by atoms with Gasteiger partial charge in [-0.2, -0.15) is 0 Å². The van der Waals surface area contributed by atoms with Crippen LogP contribution in [0.1, 0.15) is 45.1 Å². The summed E-state index contributed by atoms with van der Waals surface area (Å²) in [6.45, 7) is 4.21. The fourth-order valence-electron chi connectivity index (χ4n) is 3.24. The van der Waals surface area contributed by atoms with E-state index in [9.17, 15) is 9.46 Å². The number of fused-ring (bicyclic) bond motifs is 1. The van der Waals surface area contributed by atoms with Gasteiger partial charge in [-0.05, 0) is 41.5 Å². The maximum absolute atomic E-state index is 12.2. The van der Waals surface area contributed by atoms with E-state index in [-0.39, 0.29) is 0 Å². The van der Waals surface area contributed by atoms with Crippen molar-refractivity contribution in [2.75, 3.05) is 12.3 Å². The predicted octanol–water partition coefficient (Wildman–Crippen LogP) is 5.87. The molecule has 2 atom stereocenters. The van der Waals surface area contributed by atoms with Crippen LogP contribution in [-0.4, -0.2) is 17.2 Å². The molecule has 2 aromatic rings. The van der Waals surface area contributed by atoms with Gasteiger partial charge in [0.15, 0.2) is 0 Å². The minimum Gasteiger partial charge on any atom is -0.344 e. The Morgan fingerprint density at radius 2 is 1.83 bits per heavy atom. The highest BCUT2D eigenvalue weighted by molar-refractivity contribution is 7.57. The smallest absolute Gasteiger partial charge is 0.200 e. The molecule has 0 aliphatic rings. The Morgan fingerprint density at radius 1 is 1.09 bits per heavy atom. The predicted molar refractivity (Wildman–Crippen MR) is 101 cm³/mol. The number of unbranched alkanes of at least 4 members (excludes halogenated alkanes) is 1. The van der Waals surface area contributed by atoms with Gasteiger partial charge in [0.2, 0.25) is 7.37 Å². The van der Waals surface area contributed by atoms with E-state index in [2.05, 4.69) is 56.3 Å². The minimum absolute atomic E-state index is 0.358. The third kappa shape index (κ3) is 6.12. The van der Waals surface area contributed by atoms with Crippen LogP contribution in [0.5, 0.6) is 0 Å². The normalized spacial score (nSPS) is 15.4. The molecule has 3 heteroatoms. The van der Waals surface area contributed by atoms with Crippen LogP contribution in [-0.2, 0) is 11.0 Å². The average Bonchev–Trinajstić information content (AvgIpc) is 2.51. The van der Waals surface area contributed by atoms with E-state index < -0.39 is 7.37 Å². The zero-order valence-corrected chi connectivity index (χ0v) is 15.3. The standard InChI is InChI=1S/C20H29O2P/c1-3-8-17(2)16-23(21,22)14-7-6-9-18-12-13-19-10-4-5-11-20(19)15-18/h4-5,10-13,15,17H,3,6-9,14,16H2,1-2H3,(H,21,22). The van der Waals surface area contributed by atoms with E-state index in [1.807, 2.05) is 0 Å². The lowest BCUT2D eigenvalue weighted by Gasteiger charge is -2.16. The van der Waals surface area contributed by atoms with E-state index in [0.717, 1.165) is 32.1 Å². The van der Waals surface area contributed by atoms with Crippen molar-refractivity contribution in [1.29, 1.82) is 0 Å². The quantitative estimate of drug-likeness (QED) is 0.460. The van der Waals surface area contributed by atoms with Gasteiger partial charge < -0.3 is 4.89 Å². The second kappa shape index (κ2) is 8.66. The molecule has 23 heavy (non-hydrogen) atoms. The first-order chi connectivity index (χ1) is 11.0. The van der Waals surface area contributed by atoms with Gasteiger partial charge in [-0.1, -0.05) is 69.2 Å². The summed E-state index contributed by atoms with van der Waals surface area (Å²) in [5.41, 5.74) is 1.32. The number of hydrogen-bond donors (Lipinski definition) is 1. The summed E-state index contributed by atoms with van der Waals surface area (Å²) >= 11 is 0. The summed E-state index contributed by atoms with van der Waals surface area (Å²) in [5.74, 6) is 0.358. The second-order valence-electron chi connectivity index (χ2n) is 6.78. The monoisotopic (exact) mass is 332 g/mol. The van der Waals surface area contributed by atoms with Crippen molar-refractivity contribution in [3.05, 3.63) is 48.0 Å². The molecule has 1 N–H and O–H groups in total. The van der Waals surface area contributed by atoms with Crippen molar-refractivity contribution in [2.24, 2.45) is 5.92 Å². The summed E-state index contributed by atoms with van der Waals surface area (Å²) in [5, 5.41) is 2.53. The van der Waals surface area contributed by atoms with E-state index >= 15 is 0 Å². The van der Waals surface area contributed by atoms with Crippen molar-refractivity contribution in [1.82, 2.24) is 0 Å². The molecule has 0 aliphatic heterocycles. The lowest BCUT2D eigenvalue weighted by atomic mass is 10.0. The van der Waals surface area contributed by atoms with Crippen molar-refractivity contribution in [3.63, 3.8) is 0 Å². The highest BCUT2D eigenvalue weighted by atomic mass is 31.2. The van der Waals surface area contributed by atoms with Gasteiger partial charge in [0.1, 0.15) is 0 Å². The first-order valence-electron chi connectivity index (χ1n) is 8.78. The fraction of sp³-hybridized carbons (Fsp3) is 0.500. The van der Waals surface area contributed by atoms with E-state index in [0.29, 0.717) is 18.2 Å². The number of benzene rings is 2. The highest BCUT2D eigenvalue weighted by Gasteiger charge is 2.20. The summed E-state index contributed by atoms with van der Waals surface area (Å²) in [7, 11) is -2.94. The summed E-state index contributed by atoms with van der Waals surface area (Å²) in [6, 6.07) is 14.9. The molecule has 0 aromatic heterocycles. The van der Waals surface area contributed by atoms with Crippen molar-refractivity contribution >= 4 is 18.1 Å². The number of hydrogen-bond acceptors (Lipinski definition) is 1. The van der Waals surface area contributed by atoms with Crippen molar-refractivity contribution in [3.8, 4) is 0 Å². The van der Waals surface area contributed by atoms with Crippen molar-refractivity contribution in [2.45, 2.75) is 46.0 Å². The maximum Gasteiger partial charge on any atom is 0.200 e. The topological polar surface area (TPSA) is 37.3 Å². The van der Waals surface area contributed by atoms with Crippen LogP contribution in [0.3, 0.4) is 0 Å². The Kier molecular flexibility index (Phi) is 6.87. The first kappa shape index (κ1) is 18.2.